The lowest BCUT2D eigenvalue weighted by Crippen LogP contribution is -2.48. The van der Waals surface area contributed by atoms with Gasteiger partial charge < -0.3 is 9.80 Å². The molecule has 0 aliphatic carbocycles. The molecule has 4 rings (SSSR count). The predicted molar refractivity (Wildman–Crippen MR) is 117 cm³/mol. The summed E-state index contributed by atoms with van der Waals surface area (Å²) in [5.74, 6) is -0.456. The molecule has 1 saturated heterocycles. The van der Waals surface area contributed by atoms with Crippen LogP contribution in [0.15, 0.2) is 30.3 Å². The number of hydrogen-bond donors (Lipinski definition) is 0. The largest absolute Gasteiger partial charge is 0.345 e. The van der Waals surface area contributed by atoms with Crippen LogP contribution >= 0.6 is 11.3 Å². The first kappa shape index (κ1) is 20.7. The summed E-state index contributed by atoms with van der Waals surface area (Å²) in [4.78, 5) is 42.0. The number of nitrogens with zero attached hydrogens (tertiary/aromatic N) is 5. The molecular formula is C20H19N5O5S. The van der Waals surface area contributed by atoms with E-state index in [4.69, 9.17) is 4.98 Å². The highest BCUT2D eigenvalue weighted by Gasteiger charge is 2.27. The molecule has 0 bridgehead atoms. The van der Waals surface area contributed by atoms with Crippen LogP contribution in [0, 0.1) is 34.1 Å². The third kappa shape index (κ3) is 3.91. The summed E-state index contributed by atoms with van der Waals surface area (Å²) >= 11 is 1.60. The Morgan fingerprint density at radius 1 is 1.00 bits per heavy atom. The van der Waals surface area contributed by atoms with E-state index in [9.17, 15) is 25.0 Å². The fraction of sp³-hybridized carbons (Fsp3) is 0.300. The van der Waals surface area contributed by atoms with E-state index < -0.39 is 27.1 Å². The molecule has 0 atom stereocenters. The summed E-state index contributed by atoms with van der Waals surface area (Å²) in [7, 11) is 0. The van der Waals surface area contributed by atoms with E-state index in [1.165, 1.54) is 5.56 Å². The molecule has 1 fully saturated rings. The quantitative estimate of drug-likeness (QED) is 0.447. The molecule has 1 aromatic heterocycles. The van der Waals surface area contributed by atoms with Crippen molar-refractivity contribution in [2.24, 2.45) is 0 Å². The lowest BCUT2D eigenvalue weighted by Gasteiger charge is -2.34. The van der Waals surface area contributed by atoms with E-state index in [1.54, 1.807) is 16.2 Å². The molecule has 0 saturated carbocycles. The number of hydrogen-bond acceptors (Lipinski definition) is 8. The van der Waals surface area contributed by atoms with E-state index in [2.05, 4.69) is 30.9 Å². The van der Waals surface area contributed by atoms with Crippen molar-refractivity contribution in [3.05, 3.63) is 67.3 Å². The van der Waals surface area contributed by atoms with Gasteiger partial charge in [-0.25, -0.2) is 4.98 Å². The number of piperazine rings is 1. The van der Waals surface area contributed by atoms with Gasteiger partial charge in [0.25, 0.3) is 17.3 Å². The van der Waals surface area contributed by atoms with Crippen molar-refractivity contribution in [3.63, 3.8) is 0 Å². The van der Waals surface area contributed by atoms with Crippen LogP contribution in [-0.4, -0.2) is 51.8 Å². The number of amides is 1. The molecule has 2 heterocycles. The molecular weight excluding hydrogens is 422 g/mol. The first-order valence-electron chi connectivity index (χ1n) is 9.59. The lowest BCUT2D eigenvalue weighted by atomic mass is 10.1. The average Bonchev–Trinajstić information content (AvgIpc) is 3.20. The van der Waals surface area contributed by atoms with E-state index in [0.717, 1.165) is 39.1 Å². The average molecular weight is 441 g/mol. The number of nitro benzene ring substituents is 2. The number of carbonyl (C=O) groups excluding carboxylic acids is 1. The second-order valence-corrected chi connectivity index (χ2v) is 8.39. The Bertz CT molecular complexity index is 1180. The Labute approximate surface area is 181 Å². The van der Waals surface area contributed by atoms with Gasteiger partial charge in [0.2, 0.25) is 0 Å². The predicted octanol–water partition coefficient (Wildman–Crippen LogP) is 3.69. The smallest absolute Gasteiger partial charge is 0.277 e. The third-order valence-electron chi connectivity index (χ3n) is 5.48. The lowest BCUT2D eigenvalue weighted by molar-refractivity contribution is -0.394. The third-order valence-corrected chi connectivity index (χ3v) is 6.56. The van der Waals surface area contributed by atoms with E-state index >= 15 is 0 Å². The molecule has 1 aliphatic heterocycles. The molecule has 11 heteroatoms. The Hall–Kier alpha value is -3.60. The molecule has 0 radical (unpaired) electrons. The maximum atomic E-state index is 12.9. The molecule has 10 nitrogen and oxygen atoms in total. The maximum Gasteiger partial charge on any atom is 0.277 e. The number of aromatic nitrogens is 1. The van der Waals surface area contributed by atoms with Gasteiger partial charge in [0.05, 0.1) is 31.7 Å². The summed E-state index contributed by atoms with van der Waals surface area (Å²) in [5, 5.41) is 23.1. The molecule has 1 aliphatic rings. The van der Waals surface area contributed by atoms with Crippen LogP contribution in [0.1, 0.15) is 21.5 Å². The molecule has 3 aromatic rings. The van der Waals surface area contributed by atoms with Crippen LogP contribution in [0.4, 0.5) is 16.5 Å². The van der Waals surface area contributed by atoms with Gasteiger partial charge in [0.1, 0.15) is 0 Å². The Balaban J connectivity index is 1.51. The molecule has 0 spiro atoms. The summed E-state index contributed by atoms with van der Waals surface area (Å²) < 4.78 is 1.11. The van der Waals surface area contributed by atoms with Crippen LogP contribution in [0.3, 0.4) is 0 Å². The van der Waals surface area contributed by atoms with Crippen molar-refractivity contribution >= 4 is 44.0 Å². The molecule has 2 aromatic carbocycles. The van der Waals surface area contributed by atoms with Crippen molar-refractivity contribution in [1.29, 1.82) is 0 Å². The van der Waals surface area contributed by atoms with E-state index in [-0.39, 0.29) is 5.56 Å². The van der Waals surface area contributed by atoms with Crippen molar-refractivity contribution < 1.29 is 14.6 Å². The summed E-state index contributed by atoms with van der Waals surface area (Å²) in [5.41, 5.74) is 2.32. The van der Waals surface area contributed by atoms with Crippen LogP contribution in [0.2, 0.25) is 0 Å². The number of nitro groups is 2. The van der Waals surface area contributed by atoms with Gasteiger partial charge in [-0.1, -0.05) is 17.4 Å². The number of thiazole rings is 1. The van der Waals surface area contributed by atoms with Gasteiger partial charge in [0.15, 0.2) is 5.13 Å². The van der Waals surface area contributed by atoms with Crippen LogP contribution < -0.4 is 4.90 Å². The zero-order valence-electron chi connectivity index (χ0n) is 16.9. The van der Waals surface area contributed by atoms with Crippen molar-refractivity contribution in [2.45, 2.75) is 13.8 Å². The van der Waals surface area contributed by atoms with Crippen LogP contribution in [0.5, 0.6) is 0 Å². The molecule has 31 heavy (non-hydrogen) atoms. The standard InChI is InChI=1S/C20H19N5O5S/c1-12-3-4-17-18(13(12)2)21-20(31-17)23-7-5-22(6-8-23)19(26)14-9-15(24(27)28)11-16(10-14)25(29)30/h3-4,9-11H,5-8H2,1-2H3. The summed E-state index contributed by atoms with van der Waals surface area (Å²) in [6.07, 6.45) is 0. The van der Waals surface area contributed by atoms with Crippen molar-refractivity contribution in [2.75, 3.05) is 31.1 Å². The summed E-state index contributed by atoms with van der Waals surface area (Å²) in [6, 6.07) is 7.16. The Morgan fingerprint density at radius 2 is 1.61 bits per heavy atom. The maximum absolute atomic E-state index is 12.9. The fourth-order valence-corrected chi connectivity index (χ4v) is 4.64. The minimum Gasteiger partial charge on any atom is -0.345 e. The highest BCUT2D eigenvalue weighted by Crippen LogP contribution is 2.32. The van der Waals surface area contributed by atoms with E-state index in [1.807, 2.05) is 0 Å². The topological polar surface area (TPSA) is 123 Å². The second-order valence-electron chi connectivity index (χ2n) is 7.38. The van der Waals surface area contributed by atoms with Gasteiger partial charge in [-0.05, 0) is 31.0 Å². The number of anilines is 1. The van der Waals surface area contributed by atoms with E-state index in [0.29, 0.717) is 26.2 Å². The minimum atomic E-state index is -0.738. The number of carbonyl (C=O) groups is 1. The fourth-order valence-electron chi connectivity index (χ4n) is 3.56. The van der Waals surface area contributed by atoms with Gasteiger partial charge in [-0.3, -0.25) is 25.0 Å². The number of rotatable bonds is 4. The zero-order valence-corrected chi connectivity index (χ0v) is 17.7. The molecule has 160 valence electrons. The van der Waals surface area contributed by atoms with Crippen molar-refractivity contribution in [3.8, 4) is 0 Å². The number of aryl methyl sites for hydroxylation is 2. The van der Waals surface area contributed by atoms with Gasteiger partial charge in [-0.15, -0.1) is 0 Å². The molecule has 0 unspecified atom stereocenters. The SMILES string of the molecule is Cc1ccc2sc(N3CCN(C(=O)c4cc([N+](=O)[O-])cc([N+](=O)[O-])c4)CC3)nc2c1C. The minimum absolute atomic E-state index is 0.0552. The number of fused-ring (bicyclic) bond motifs is 1. The molecule has 0 N–H and O–H groups in total. The van der Waals surface area contributed by atoms with Crippen LogP contribution in [0.25, 0.3) is 10.2 Å². The Morgan fingerprint density at radius 3 is 2.19 bits per heavy atom. The number of non-ortho nitro benzene ring substituents is 2. The second kappa shape index (κ2) is 7.91. The van der Waals surface area contributed by atoms with Gasteiger partial charge in [0, 0.05) is 38.3 Å². The first-order valence-corrected chi connectivity index (χ1v) is 10.4. The zero-order chi connectivity index (χ0) is 22.3. The van der Waals surface area contributed by atoms with Crippen LogP contribution in [-0.2, 0) is 0 Å². The molecule has 1 amide bonds. The van der Waals surface area contributed by atoms with Crippen molar-refractivity contribution in [1.82, 2.24) is 9.88 Å². The van der Waals surface area contributed by atoms with Gasteiger partial charge in [-0.2, -0.15) is 0 Å². The van der Waals surface area contributed by atoms with Gasteiger partial charge >= 0.3 is 0 Å². The normalized spacial score (nSPS) is 14.1. The number of benzene rings is 2. The highest BCUT2D eigenvalue weighted by molar-refractivity contribution is 7.22. The highest BCUT2D eigenvalue weighted by atomic mass is 32.1. The summed E-state index contributed by atoms with van der Waals surface area (Å²) in [6.45, 7) is 6.00. The monoisotopic (exact) mass is 441 g/mol. The first-order chi connectivity index (χ1) is 14.7. The Kier molecular flexibility index (Phi) is 5.27.